The number of hydrogen-bond donors (Lipinski definition) is 2. The number of aliphatic imine (C=N–C) groups is 1. The molecule has 0 saturated carbocycles. The van der Waals surface area contributed by atoms with Crippen molar-refractivity contribution in [1.29, 1.82) is 5.26 Å². The van der Waals surface area contributed by atoms with E-state index in [1.165, 1.54) is 11.8 Å². The molecule has 12 heavy (non-hydrogen) atoms. The number of carbonyl (C=O) groups excluding carboxylic acids is 1. The van der Waals surface area contributed by atoms with Crippen LogP contribution in [0, 0.1) is 11.3 Å². The molecule has 0 unspecified atom stereocenters. The second-order valence-electron chi connectivity index (χ2n) is 2.00. The van der Waals surface area contributed by atoms with E-state index in [2.05, 4.69) is 15.6 Å². The summed E-state index contributed by atoms with van der Waals surface area (Å²) in [4.78, 5) is 14.9. The van der Waals surface area contributed by atoms with Crippen molar-refractivity contribution in [1.82, 2.24) is 10.6 Å². The zero-order valence-corrected chi connectivity index (χ0v) is 7.15. The van der Waals surface area contributed by atoms with Crippen LogP contribution in [-0.2, 0) is 0 Å². The first-order valence-electron chi connectivity index (χ1n) is 3.42. The van der Waals surface area contributed by atoms with Crippen molar-refractivity contribution in [3.63, 3.8) is 0 Å². The molecular weight excluding hydrogens is 176 g/mol. The van der Waals surface area contributed by atoms with Crippen LogP contribution >= 0.6 is 11.8 Å². The number of amides is 2. The third kappa shape index (κ3) is 2.80. The van der Waals surface area contributed by atoms with E-state index in [9.17, 15) is 4.79 Å². The Labute approximate surface area is 74.2 Å². The monoisotopic (exact) mass is 184 g/mol. The van der Waals surface area contributed by atoms with E-state index in [-0.39, 0.29) is 12.6 Å². The van der Waals surface area contributed by atoms with E-state index in [0.717, 1.165) is 12.3 Å². The molecule has 0 radical (unpaired) electrons. The quantitative estimate of drug-likeness (QED) is 0.559. The first-order chi connectivity index (χ1) is 5.83. The van der Waals surface area contributed by atoms with Gasteiger partial charge in [-0.05, 0) is 0 Å². The predicted molar refractivity (Wildman–Crippen MR) is 46.9 cm³/mol. The topological polar surface area (TPSA) is 77.3 Å². The molecule has 1 heterocycles. The molecule has 1 rings (SSSR count). The predicted octanol–water partition coefficient (Wildman–Crippen LogP) is -0.0880. The molecule has 0 saturated heterocycles. The van der Waals surface area contributed by atoms with Crippen LogP contribution in [0.2, 0.25) is 0 Å². The SMILES string of the molecule is N#CCNC(=O)NC1=NCCS1. The van der Waals surface area contributed by atoms with Crippen molar-refractivity contribution in [2.75, 3.05) is 18.8 Å². The molecule has 0 aliphatic carbocycles. The molecule has 0 aromatic heterocycles. The third-order valence-corrected chi connectivity index (χ3v) is 2.03. The average Bonchev–Trinajstić information content (AvgIpc) is 2.53. The lowest BCUT2D eigenvalue weighted by atomic mass is 10.7. The number of amidine groups is 1. The van der Waals surface area contributed by atoms with Gasteiger partial charge in [-0.15, -0.1) is 0 Å². The Morgan fingerprint density at radius 3 is 3.25 bits per heavy atom. The first-order valence-corrected chi connectivity index (χ1v) is 4.40. The summed E-state index contributed by atoms with van der Waals surface area (Å²) in [6.45, 7) is 0.766. The number of nitrogens with one attached hydrogen (secondary N) is 2. The summed E-state index contributed by atoms with van der Waals surface area (Å²) < 4.78 is 0. The van der Waals surface area contributed by atoms with Gasteiger partial charge in [-0.1, -0.05) is 11.8 Å². The fourth-order valence-electron chi connectivity index (χ4n) is 0.672. The van der Waals surface area contributed by atoms with Crippen LogP contribution in [0.15, 0.2) is 4.99 Å². The van der Waals surface area contributed by atoms with Gasteiger partial charge >= 0.3 is 6.03 Å². The Kier molecular flexibility index (Phi) is 3.41. The van der Waals surface area contributed by atoms with Crippen molar-refractivity contribution in [3.8, 4) is 6.07 Å². The fourth-order valence-corrected chi connectivity index (χ4v) is 1.40. The van der Waals surface area contributed by atoms with Gasteiger partial charge in [0.2, 0.25) is 0 Å². The molecule has 1 aliphatic rings. The van der Waals surface area contributed by atoms with Gasteiger partial charge in [0.15, 0.2) is 5.17 Å². The second kappa shape index (κ2) is 4.62. The van der Waals surface area contributed by atoms with Gasteiger partial charge < -0.3 is 5.32 Å². The summed E-state index contributed by atoms with van der Waals surface area (Å²) in [6.07, 6.45) is 0. The average molecular weight is 184 g/mol. The molecule has 2 N–H and O–H groups in total. The van der Waals surface area contributed by atoms with Gasteiger partial charge in [-0.3, -0.25) is 10.3 Å². The van der Waals surface area contributed by atoms with Crippen LogP contribution in [0.4, 0.5) is 4.79 Å². The maximum atomic E-state index is 10.9. The van der Waals surface area contributed by atoms with E-state index < -0.39 is 0 Å². The number of thioether (sulfide) groups is 1. The molecule has 0 fully saturated rings. The minimum atomic E-state index is -0.371. The minimum absolute atomic E-state index is 0.0176. The van der Waals surface area contributed by atoms with E-state index in [1.807, 2.05) is 0 Å². The molecule has 64 valence electrons. The van der Waals surface area contributed by atoms with E-state index in [0.29, 0.717) is 5.17 Å². The summed E-state index contributed by atoms with van der Waals surface area (Å²) >= 11 is 1.50. The number of carbonyl (C=O) groups is 1. The van der Waals surface area contributed by atoms with E-state index in [4.69, 9.17) is 5.26 Å². The van der Waals surface area contributed by atoms with Crippen molar-refractivity contribution in [2.45, 2.75) is 0 Å². The largest absolute Gasteiger partial charge is 0.325 e. The van der Waals surface area contributed by atoms with Gasteiger partial charge in [0.25, 0.3) is 0 Å². The Bertz CT molecular complexity index is 244. The lowest BCUT2D eigenvalue weighted by Crippen LogP contribution is -2.37. The lowest BCUT2D eigenvalue weighted by molar-refractivity contribution is 0.246. The van der Waals surface area contributed by atoms with Crippen molar-refractivity contribution in [2.24, 2.45) is 4.99 Å². The fraction of sp³-hybridized carbons (Fsp3) is 0.500. The maximum absolute atomic E-state index is 10.9. The van der Waals surface area contributed by atoms with Crippen LogP contribution in [0.1, 0.15) is 0 Å². The summed E-state index contributed by atoms with van der Waals surface area (Å²) in [7, 11) is 0. The molecule has 0 spiro atoms. The van der Waals surface area contributed by atoms with Gasteiger partial charge in [0.1, 0.15) is 6.54 Å². The Balaban J connectivity index is 2.22. The van der Waals surface area contributed by atoms with Crippen LogP contribution in [0.5, 0.6) is 0 Å². The van der Waals surface area contributed by atoms with Gasteiger partial charge in [-0.2, -0.15) is 5.26 Å². The lowest BCUT2D eigenvalue weighted by Gasteiger charge is -2.02. The number of rotatable bonds is 1. The molecule has 1 aliphatic heterocycles. The molecule has 0 aromatic carbocycles. The highest BCUT2D eigenvalue weighted by atomic mass is 32.2. The van der Waals surface area contributed by atoms with Crippen LogP contribution in [0.25, 0.3) is 0 Å². The standard InChI is InChI=1S/C6H8N4OS/c7-1-2-8-5(11)10-6-9-3-4-12-6/h2-4H2,(H2,8,9,10,11). The molecule has 2 amide bonds. The van der Waals surface area contributed by atoms with Crippen LogP contribution in [-0.4, -0.2) is 30.0 Å². The smallest absolute Gasteiger partial charge is 0.321 e. The highest BCUT2D eigenvalue weighted by Gasteiger charge is 2.09. The van der Waals surface area contributed by atoms with Crippen LogP contribution < -0.4 is 10.6 Å². The minimum Gasteiger partial charge on any atom is -0.325 e. The number of urea groups is 1. The molecule has 0 aromatic rings. The normalized spacial score (nSPS) is 14.8. The van der Waals surface area contributed by atoms with E-state index >= 15 is 0 Å². The van der Waals surface area contributed by atoms with E-state index in [1.54, 1.807) is 6.07 Å². The van der Waals surface area contributed by atoms with Crippen molar-refractivity contribution < 1.29 is 4.79 Å². The number of hydrogen-bond acceptors (Lipinski definition) is 4. The Morgan fingerprint density at radius 1 is 1.83 bits per heavy atom. The Morgan fingerprint density at radius 2 is 2.67 bits per heavy atom. The summed E-state index contributed by atoms with van der Waals surface area (Å²) in [6, 6.07) is 1.43. The summed E-state index contributed by atoms with van der Waals surface area (Å²) in [5, 5.41) is 13.7. The van der Waals surface area contributed by atoms with Gasteiger partial charge in [0.05, 0.1) is 12.6 Å². The highest BCUT2D eigenvalue weighted by Crippen LogP contribution is 2.08. The summed E-state index contributed by atoms with van der Waals surface area (Å²) in [5.74, 6) is 0.911. The molecule has 0 atom stereocenters. The number of nitriles is 1. The molecular formula is C6H8N4OS. The van der Waals surface area contributed by atoms with Crippen molar-refractivity contribution in [3.05, 3.63) is 0 Å². The third-order valence-electron chi connectivity index (χ3n) is 1.13. The number of nitrogens with zero attached hydrogens (tertiary/aromatic N) is 2. The second-order valence-corrected chi connectivity index (χ2v) is 3.08. The van der Waals surface area contributed by atoms with Crippen LogP contribution in [0.3, 0.4) is 0 Å². The molecule has 6 heteroatoms. The summed E-state index contributed by atoms with van der Waals surface area (Å²) in [5.41, 5.74) is 0. The van der Waals surface area contributed by atoms with Gasteiger partial charge in [-0.25, -0.2) is 4.79 Å². The zero-order valence-electron chi connectivity index (χ0n) is 6.33. The Hall–Kier alpha value is -1.22. The maximum Gasteiger partial charge on any atom is 0.321 e. The molecule has 0 bridgehead atoms. The first kappa shape index (κ1) is 8.87. The zero-order chi connectivity index (χ0) is 8.81. The van der Waals surface area contributed by atoms with Crippen molar-refractivity contribution >= 4 is 23.0 Å². The van der Waals surface area contributed by atoms with Gasteiger partial charge in [0, 0.05) is 5.75 Å². The highest BCUT2D eigenvalue weighted by molar-refractivity contribution is 8.14. The molecule has 5 nitrogen and oxygen atoms in total.